The molecule has 0 aliphatic carbocycles. The number of hydrogen-bond acceptors (Lipinski definition) is 4. The Labute approximate surface area is 119 Å². The Kier molecular flexibility index (Phi) is 5.89. The number of ether oxygens (including phenoxy) is 2. The Hall–Kier alpha value is -0.840. The molecule has 0 saturated carbocycles. The average molecular weight is 285 g/mol. The minimum Gasteiger partial charge on any atom is -0.489 e. The molecule has 1 fully saturated rings. The van der Waals surface area contributed by atoms with Gasteiger partial charge in [0.25, 0.3) is 0 Å². The zero-order valence-corrected chi connectivity index (χ0v) is 12.0. The van der Waals surface area contributed by atoms with E-state index >= 15 is 0 Å². The second-order valence-electron chi connectivity index (χ2n) is 4.81. The molecule has 2 unspecified atom stereocenters. The third-order valence-electron chi connectivity index (χ3n) is 3.11. The van der Waals surface area contributed by atoms with E-state index in [1.54, 1.807) is 18.5 Å². The zero-order chi connectivity index (χ0) is 13.5. The number of rotatable bonds is 7. The molecule has 1 aromatic rings. The summed E-state index contributed by atoms with van der Waals surface area (Å²) in [5, 5.41) is 3.97. The molecule has 1 aromatic heterocycles. The number of aromatic nitrogens is 1. The van der Waals surface area contributed by atoms with Crippen LogP contribution in [-0.2, 0) is 4.74 Å². The first kappa shape index (κ1) is 14.6. The van der Waals surface area contributed by atoms with Gasteiger partial charge in [-0.2, -0.15) is 0 Å². The van der Waals surface area contributed by atoms with Gasteiger partial charge in [0.05, 0.1) is 23.4 Å². The van der Waals surface area contributed by atoms with Crippen molar-refractivity contribution in [2.45, 2.75) is 38.4 Å². The maximum Gasteiger partial charge on any atom is 0.139 e. The number of halogens is 1. The molecular formula is C14H21ClN2O2. The van der Waals surface area contributed by atoms with Gasteiger partial charge in [0.15, 0.2) is 0 Å². The van der Waals surface area contributed by atoms with Crippen LogP contribution in [-0.4, -0.2) is 36.9 Å². The summed E-state index contributed by atoms with van der Waals surface area (Å²) >= 11 is 5.85. The van der Waals surface area contributed by atoms with E-state index in [9.17, 15) is 0 Å². The van der Waals surface area contributed by atoms with E-state index in [0.717, 1.165) is 32.4 Å². The van der Waals surface area contributed by atoms with Crippen LogP contribution in [0.4, 0.5) is 0 Å². The monoisotopic (exact) mass is 284 g/mol. The van der Waals surface area contributed by atoms with E-state index in [-0.39, 0.29) is 6.10 Å². The molecule has 0 aromatic carbocycles. The second-order valence-corrected chi connectivity index (χ2v) is 5.25. The van der Waals surface area contributed by atoms with E-state index in [4.69, 9.17) is 21.1 Å². The minimum atomic E-state index is 0.174. The first-order valence-corrected chi connectivity index (χ1v) is 7.25. The molecule has 1 aliphatic rings. The van der Waals surface area contributed by atoms with Crippen molar-refractivity contribution < 1.29 is 9.47 Å². The fourth-order valence-corrected chi connectivity index (χ4v) is 2.32. The molecule has 0 spiro atoms. The summed E-state index contributed by atoms with van der Waals surface area (Å²) in [7, 11) is 0. The standard InChI is InChI=1S/C14H21ClN2O2/c1-2-5-16-8-12-3-4-13(19-12)10-18-14-6-11(15)7-17-9-14/h6-7,9,12-13,16H,2-5,8,10H2,1H3. The van der Waals surface area contributed by atoms with Crippen LogP contribution in [0.15, 0.2) is 18.5 Å². The number of nitrogens with one attached hydrogen (secondary N) is 1. The zero-order valence-electron chi connectivity index (χ0n) is 11.3. The van der Waals surface area contributed by atoms with Gasteiger partial charge in [-0.15, -0.1) is 0 Å². The largest absolute Gasteiger partial charge is 0.489 e. The van der Waals surface area contributed by atoms with E-state index in [2.05, 4.69) is 17.2 Å². The average Bonchev–Trinajstić information content (AvgIpc) is 2.85. The van der Waals surface area contributed by atoms with Gasteiger partial charge in [0, 0.05) is 18.8 Å². The van der Waals surface area contributed by atoms with Crippen molar-refractivity contribution in [2.75, 3.05) is 19.7 Å². The van der Waals surface area contributed by atoms with Gasteiger partial charge in [-0.3, -0.25) is 4.98 Å². The lowest BCUT2D eigenvalue weighted by molar-refractivity contribution is 0.0186. The van der Waals surface area contributed by atoms with Gasteiger partial charge in [0.1, 0.15) is 12.4 Å². The molecule has 0 bridgehead atoms. The Morgan fingerprint density at radius 2 is 2.26 bits per heavy atom. The van der Waals surface area contributed by atoms with Crippen LogP contribution in [0.2, 0.25) is 5.02 Å². The SMILES string of the molecule is CCCNCC1CCC(COc2cncc(Cl)c2)O1. The molecule has 5 heteroatoms. The van der Waals surface area contributed by atoms with E-state index in [1.807, 2.05) is 0 Å². The third kappa shape index (κ3) is 4.97. The van der Waals surface area contributed by atoms with Crippen molar-refractivity contribution in [3.63, 3.8) is 0 Å². The van der Waals surface area contributed by atoms with Crippen LogP contribution < -0.4 is 10.1 Å². The summed E-state index contributed by atoms with van der Waals surface area (Å²) in [6.07, 6.45) is 7.05. The van der Waals surface area contributed by atoms with Crippen molar-refractivity contribution >= 4 is 11.6 Å². The first-order chi connectivity index (χ1) is 9.28. The quantitative estimate of drug-likeness (QED) is 0.782. The van der Waals surface area contributed by atoms with Gasteiger partial charge < -0.3 is 14.8 Å². The topological polar surface area (TPSA) is 43.4 Å². The minimum absolute atomic E-state index is 0.174. The Balaban J connectivity index is 1.67. The normalized spacial score (nSPS) is 22.6. The van der Waals surface area contributed by atoms with Crippen LogP contribution in [0.3, 0.4) is 0 Å². The molecule has 1 saturated heterocycles. The van der Waals surface area contributed by atoms with Crippen molar-refractivity contribution in [3.05, 3.63) is 23.5 Å². The Morgan fingerprint density at radius 3 is 3.05 bits per heavy atom. The van der Waals surface area contributed by atoms with Gasteiger partial charge >= 0.3 is 0 Å². The molecule has 1 N–H and O–H groups in total. The molecule has 4 nitrogen and oxygen atoms in total. The van der Waals surface area contributed by atoms with Crippen LogP contribution in [0, 0.1) is 0 Å². The fraction of sp³-hybridized carbons (Fsp3) is 0.643. The van der Waals surface area contributed by atoms with Crippen molar-refractivity contribution in [2.24, 2.45) is 0 Å². The molecule has 2 heterocycles. The van der Waals surface area contributed by atoms with Crippen molar-refractivity contribution in [1.82, 2.24) is 10.3 Å². The predicted molar refractivity (Wildman–Crippen MR) is 75.8 cm³/mol. The molecule has 106 valence electrons. The van der Waals surface area contributed by atoms with Crippen molar-refractivity contribution in [3.8, 4) is 5.75 Å². The summed E-state index contributed by atoms with van der Waals surface area (Å²) in [5.74, 6) is 0.698. The lowest BCUT2D eigenvalue weighted by atomic mass is 10.2. The second kappa shape index (κ2) is 7.68. The lowest BCUT2D eigenvalue weighted by Crippen LogP contribution is -2.28. The smallest absolute Gasteiger partial charge is 0.139 e. The highest BCUT2D eigenvalue weighted by Gasteiger charge is 2.25. The molecule has 2 rings (SSSR count). The molecule has 1 aliphatic heterocycles. The number of nitrogens with zero attached hydrogens (tertiary/aromatic N) is 1. The summed E-state index contributed by atoms with van der Waals surface area (Å²) in [6, 6.07) is 1.77. The molecular weight excluding hydrogens is 264 g/mol. The van der Waals surface area contributed by atoms with Crippen LogP contribution >= 0.6 is 11.6 Å². The molecule has 19 heavy (non-hydrogen) atoms. The van der Waals surface area contributed by atoms with Gasteiger partial charge in [0.2, 0.25) is 0 Å². The first-order valence-electron chi connectivity index (χ1n) is 6.87. The summed E-state index contributed by atoms with van der Waals surface area (Å²) in [4.78, 5) is 3.99. The third-order valence-corrected chi connectivity index (χ3v) is 3.32. The van der Waals surface area contributed by atoms with Gasteiger partial charge in [-0.05, 0) is 25.8 Å². The Morgan fingerprint density at radius 1 is 1.42 bits per heavy atom. The molecule has 0 radical (unpaired) electrons. The van der Waals surface area contributed by atoms with Crippen LogP contribution in [0.5, 0.6) is 5.75 Å². The summed E-state index contributed by atoms with van der Waals surface area (Å²) < 4.78 is 11.6. The highest BCUT2D eigenvalue weighted by Crippen LogP contribution is 2.21. The molecule has 2 atom stereocenters. The number of hydrogen-bond donors (Lipinski definition) is 1. The van der Waals surface area contributed by atoms with Gasteiger partial charge in [-0.1, -0.05) is 18.5 Å². The van der Waals surface area contributed by atoms with E-state index < -0.39 is 0 Å². The lowest BCUT2D eigenvalue weighted by Gasteiger charge is -2.15. The summed E-state index contributed by atoms with van der Waals surface area (Å²) in [6.45, 7) is 4.71. The van der Waals surface area contributed by atoms with E-state index in [0.29, 0.717) is 23.5 Å². The predicted octanol–water partition coefficient (Wildman–Crippen LogP) is 2.66. The van der Waals surface area contributed by atoms with Crippen LogP contribution in [0.25, 0.3) is 0 Å². The van der Waals surface area contributed by atoms with Gasteiger partial charge in [-0.25, -0.2) is 0 Å². The maximum absolute atomic E-state index is 5.92. The maximum atomic E-state index is 5.92. The van der Waals surface area contributed by atoms with Crippen LogP contribution in [0.1, 0.15) is 26.2 Å². The summed E-state index contributed by atoms with van der Waals surface area (Å²) in [5.41, 5.74) is 0. The fourth-order valence-electron chi connectivity index (χ4n) is 2.15. The highest BCUT2D eigenvalue weighted by atomic mass is 35.5. The van der Waals surface area contributed by atoms with Crippen molar-refractivity contribution in [1.29, 1.82) is 0 Å². The number of pyridine rings is 1. The Bertz CT molecular complexity index is 389. The molecule has 0 amide bonds. The highest BCUT2D eigenvalue weighted by molar-refractivity contribution is 6.30. The van der Waals surface area contributed by atoms with E-state index in [1.165, 1.54) is 0 Å².